The number of fused-ring (bicyclic) bond motifs is 1. The molecule has 5 heteroatoms. The number of primary amides is 1. The van der Waals surface area contributed by atoms with Crippen LogP contribution in [0.15, 0.2) is 42.5 Å². The molecule has 2 aromatic rings. The van der Waals surface area contributed by atoms with Crippen molar-refractivity contribution < 1.29 is 9.53 Å². The van der Waals surface area contributed by atoms with E-state index in [-0.39, 0.29) is 5.91 Å². The molecular formula is C21H23N3O2. The van der Waals surface area contributed by atoms with Gasteiger partial charge in [0, 0.05) is 18.7 Å². The number of aryl methyl sites for hydroxylation is 1. The molecule has 0 spiro atoms. The zero-order valence-electron chi connectivity index (χ0n) is 15.2. The van der Waals surface area contributed by atoms with Gasteiger partial charge >= 0.3 is 0 Å². The highest BCUT2D eigenvalue weighted by atomic mass is 16.5. The molecule has 26 heavy (non-hydrogen) atoms. The van der Waals surface area contributed by atoms with Crippen molar-refractivity contribution >= 4 is 17.3 Å². The van der Waals surface area contributed by atoms with Gasteiger partial charge in [0.05, 0.1) is 5.41 Å². The molecule has 2 aliphatic rings. The second-order valence-electron chi connectivity index (χ2n) is 7.36. The Kier molecular flexibility index (Phi) is 3.94. The van der Waals surface area contributed by atoms with Gasteiger partial charge in [0.25, 0.3) is 0 Å². The van der Waals surface area contributed by atoms with Crippen LogP contribution in [0.5, 0.6) is 5.88 Å². The summed E-state index contributed by atoms with van der Waals surface area (Å²) < 4.78 is 5.81. The van der Waals surface area contributed by atoms with E-state index in [1.807, 2.05) is 19.1 Å². The molecule has 2 N–H and O–H groups in total. The monoisotopic (exact) mass is 349 g/mol. The molecular weight excluding hydrogens is 326 g/mol. The fourth-order valence-corrected chi connectivity index (χ4v) is 3.72. The van der Waals surface area contributed by atoms with E-state index in [9.17, 15) is 4.79 Å². The van der Waals surface area contributed by atoms with Crippen LogP contribution in [0.2, 0.25) is 0 Å². The van der Waals surface area contributed by atoms with Crippen LogP contribution in [-0.2, 0) is 4.79 Å². The molecule has 4 rings (SSSR count). The number of pyridine rings is 1. The first-order valence-corrected chi connectivity index (χ1v) is 8.93. The standard InChI is InChI=1S/C21H23N3O2/c1-14-5-3-4-6-15(14)16-9-12-26-19-17(16)7-8-18(23-19)24-11-10-21(2,13-24)20(22)25/h3-9H,10-13H2,1-2H3,(H2,22,25). The lowest BCUT2D eigenvalue weighted by Crippen LogP contribution is -2.37. The SMILES string of the molecule is Cc1ccccc1C1=CCOc2nc(N3CCC(C)(C(N)=O)C3)ccc21. The van der Waals surface area contributed by atoms with Crippen molar-refractivity contribution in [2.45, 2.75) is 20.3 Å². The summed E-state index contributed by atoms with van der Waals surface area (Å²) in [4.78, 5) is 18.6. The Labute approximate surface area is 153 Å². The third kappa shape index (κ3) is 2.73. The number of amides is 1. The van der Waals surface area contributed by atoms with Crippen molar-refractivity contribution in [3.05, 3.63) is 59.2 Å². The van der Waals surface area contributed by atoms with Gasteiger partial charge < -0.3 is 15.4 Å². The smallest absolute Gasteiger partial charge is 0.225 e. The molecule has 1 unspecified atom stereocenters. The lowest BCUT2D eigenvalue weighted by molar-refractivity contribution is -0.125. The Balaban J connectivity index is 1.66. The molecule has 5 nitrogen and oxygen atoms in total. The number of nitrogens with zero attached hydrogens (tertiary/aromatic N) is 2. The highest BCUT2D eigenvalue weighted by Crippen LogP contribution is 2.37. The average molecular weight is 349 g/mol. The van der Waals surface area contributed by atoms with Crippen LogP contribution in [0.1, 0.15) is 30.0 Å². The van der Waals surface area contributed by atoms with E-state index in [0.717, 1.165) is 29.9 Å². The minimum absolute atomic E-state index is 0.251. The number of aromatic nitrogens is 1. The van der Waals surface area contributed by atoms with E-state index in [4.69, 9.17) is 15.5 Å². The maximum Gasteiger partial charge on any atom is 0.225 e. The van der Waals surface area contributed by atoms with Crippen molar-refractivity contribution in [1.29, 1.82) is 0 Å². The second-order valence-corrected chi connectivity index (χ2v) is 7.36. The zero-order valence-corrected chi connectivity index (χ0v) is 15.2. The second kappa shape index (κ2) is 6.16. The van der Waals surface area contributed by atoms with E-state index in [1.165, 1.54) is 11.1 Å². The Morgan fingerprint density at radius 2 is 2.04 bits per heavy atom. The molecule has 0 radical (unpaired) electrons. The first kappa shape index (κ1) is 16.6. The predicted octanol–water partition coefficient (Wildman–Crippen LogP) is 2.92. The van der Waals surface area contributed by atoms with Gasteiger partial charge in [0.1, 0.15) is 12.4 Å². The normalized spacial score (nSPS) is 21.8. The van der Waals surface area contributed by atoms with E-state index in [0.29, 0.717) is 19.0 Å². The minimum atomic E-state index is -0.495. The highest BCUT2D eigenvalue weighted by Gasteiger charge is 2.39. The quantitative estimate of drug-likeness (QED) is 0.925. The number of rotatable bonds is 3. The van der Waals surface area contributed by atoms with Crippen molar-refractivity contribution in [2.24, 2.45) is 11.1 Å². The molecule has 3 heterocycles. The lowest BCUT2D eigenvalue weighted by Gasteiger charge is -2.24. The van der Waals surface area contributed by atoms with E-state index < -0.39 is 5.41 Å². The lowest BCUT2D eigenvalue weighted by atomic mass is 9.89. The Morgan fingerprint density at radius 1 is 1.23 bits per heavy atom. The summed E-state index contributed by atoms with van der Waals surface area (Å²) in [7, 11) is 0. The predicted molar refractivity (Wildman–Crippen MR) is 102 cm³/mol. The topological polar surface area (TPSA) is 68.4 Å². The van der Waals surface area contributed by atoms with Crippen LogP contribution >= 0.6 is 0 Å². The number of anilines is 1. The number of hydrogen-bond acceptors (Lipinski definition) is 4. The minimum Gasteiger partial charge on any atom is -0.473 e. The molecule has 134 valence electrons. The summed E-state index contributed by atoms with van der Waals surface area (Å²) >= 11 is 0. The zero-order chi connectivity index (χ0) is 18.3. The third-order valence-corrected chi connectivity index (χ3v) is 5.47. The maximum absolute atomic E-state index is 11.7. The molecule has 0 saturated carbocycles. The third-order valence-electron chi connectivity index (χ3n) is 5.47. The number of hydrogen-bond donors (Lipinski definition) is 1. The summed E-state index contributed by atoms with van der Waals surface area (Å²) in [5.74, 6) is 1.23. The molecule has 1 fully saturated rings. The summed E-state index contributed by atoms with van der Waals surface area (Å²) in [6.45, 7) is 5.90. The van der Waals surface area contributed by atoms with Gasteiger partial charge in [0.15, 0.2) is 0 Å². The van der Waals surface area contributed by atoms with Crippen LogP contribution in [-0.4, -0.2) is 30.6 Å². The molecule has 1 saturated heterocycles. The van der Waals surface area contributed by atoms with Crippen LogP contribution < -0.4 is 15.4 Å². The van der Waals surface area contributed by atoms with E-state index >= 15 is 0 Å². The Hall–Kier alpha value is -2.82. The van der Waals surface area contributed by atoms with Crippen LogP contribution in [0, 0.1) is 12.3 Å². The van der Waals surface area contributed by atoms with Gasteiger partial charge in [-0.1, -0.05) is 24.3 Å². The van der Waals surface area contributed by atoms with E-state index in [1.54, 1.807) is 0 Å². The van der Waals surface area contributed by atoms with Crippen molar-refractivity contribution in [3.63, 3.8) is 0 Å². The first-order valence-electron chi connectivity index (χ1n) is 8.93. The highest BCUT2D eigenvalue weighted by molar-refractivity contribution is 5.85. The number of nitrogens with two attached hydrogens (primary N) is 1. The largest absolute Gasteiger partial charge is 0.473 e. The first-order chi connectivity index (χ1) is 12.5. The molecule has 0 bridgehead atoms. The molecule has 1 amide bonds. The fraction of sp³-hybridized carbons (Fsp3) is 0.333. The maximum atomic E-state index is 11.7. The summed E-state index contributed by atoms with van der Waals surface area (Å²) in [6, 6.07) is 12.4. The molecule has 1 aromatic heterocycles. The van der Waals surface area contributed by atoms with Crippen LogP contribution in [0.3, 0.4) is 0 Å². The fourth-order valence-electron chi connectivity index (χ4n) is 3.72. The van der Waals surface area contributed by atoms with Gasteiger partial charge in [-0.15, -0.1) is 0 Å². The number of ether oxygens (including phenoxy) is 1. The Morgan fingerprint density at radius 3 is 2.77 bits per heavy atom. The number of carbonyl (C=O) groups excluding carboxylic acids is 1. The molecule has 1 aromatic carbocycles. The summed E-state index contributed by atoms with van der Waals surface area (Å²) in [5.41, 5.74) is 9.66. The molecule has 2 aliphatic heterocycles. The number of benzene rings is 1. The van der Waals surface area contributed by atoms with Crippen molar-refractivity contribution in [2.75, 3.05) is 24.6 Å². The average Bonchev–Trinajstić information content (AvgIpc) is 3.05. The Bertz CT molecular complexity index is 906. The number of carbonyl (C=O) groups is 1. The van der Waals surface area contributed by atoms with E-state index in [2.05, 4.69) is 42.2 Å². The molecule has 0 aliphatic carbocycles. The van der Waals surface area contributed by atoms with Crippen molar-refractivity contribution in [3.8, 4) is 5.88 Å². The van der Waals surface area contributed by atoms with Crippen LogP contribution in [0.25, 0.3) is 5.57 Å². The van der Waals surface area contributed by atoms with Crippen LogP contribution in [0.4, 0.5) is 5.82 Å². The van der Waals surface area contributed by atoms with Crippen molar-refractivity contribution in [1.82, 2.24) is 4.98 Å². The van der Waals surface area contributed by atoms with Gasteiger partial charge in [-0.2, -0.15) is 4.98 Å². The molecule has 1 atom stereocenters. The summed E-state index contributed by atoms with van der Waals surface area (Å²) in [5, 5.41) is 0. The summed E-state index contributed by atoms with van der Waals surface area (Å²) in [6.07, 6.45) is 2.85. The van der Waals surface area contributed by atoms with Gasteiger partial charge in [-0.25, -0.2) is 0 Å². The van der Waals surface area contributed by atoms with Gasteiger partial charge in [-0.05, 0) is 55.2 Å². The van der Waals surface area contributed by atoms with Gasteiger partial charge in [0.2, 0.25) is 11.8 Å². The van der Waals surface area contributed by atoms with Gasteiger partial charge in [-0.3, -0.25) is 4.79 Å².